The third-order valence-electron chi connectivity index (χ3n) is 14.7. The number of hydrogen-bond acceptors (Lipinski definition) is 16. The summed E-state index contributed by atoms with van der Waals surface area (Å²) in [7, 11) is -9.66. The first kappa shape index (κ1) is 85.2. The fraction of sp³-hybridized carbons (Fsp3) is 0.169. The Morgan fingerprint density at radius 3 is 1.50 bits per heavy atom. The minimum Gasteiger partial charge on any atom is -0.399 e. The number of anilines is 3. The summed E-state index contributed by atoms with van der Waals surface area (Å²) >= 11 is 49.2. The summed E-state index contributed by atoms with van der Waals surface area (Å²) in [4.78, 5) is 34.4. The number of halogens is 10. The summed E-state index contributed by atoms with van der Waals surface area (Å²) in [5.41, 5.74) is 24.0. The zero-order valence-electron chi connectivity index (χ0n) is 57.6. The van der Waals surface area contributed by atoms with Crippen molar-refractivity contribution < 1.29 is 26.1 Å². The fourth-order valence-electron chi connectivity index (χ4n) is 8.74. The van der Waals surface area contributed by atoms with Gasteiger partial charge in [0.05, 0.1) is 65.3 Å². The molecular weight excluding hydrogens is 1780 g/mol. The van der Waals surface area contributed by atoms with Gasteiger partial charge in [-0.15, -0.1) is 17.9 Å². The zero-order chi connectivity index (χ0) is 77.5. The number of aryl methyl sites for hydroxylation is 2. The van der Waals surface area contributed by atoms with Crippen LogP contribution in [0.5, 0.6) is 0 Å². The number of hydrogen-bond donors (Lipinski definition) is 5. The van der Waals surface area contributed by atoms with Crippen molar-refractivity contribution >= 4 is 238 Å². The summed E-state index contributed by atoms with van der Waals surface area (Å²) in [6.45, 7) is 19.8. The molecule has 0 unspecified atom stereocenters. The van der Waals surface area contributed by atoms with Gasteiger partial charge in [0, 0.05) is 104 Å². The van der Waals surface area contributed by atoms with Crippen LogP contribution in [0.25, 0.3) is 44.1 Å². The van der Waals surface area contributed by atoms with Crippen LogP contribution in [0.2, 0.25) is 54.8 Å². The maximum absolute atomic E-state index is 13.3. The van der Waals surface area contributed by atoms with Gasteiger partial charge in [-0.1, -0.05) is 142 Å². The Morgan fingerprint density at radius 1 is 0.552 bits per heavy atom. The maximum Gasteiger partial charge on any atom is 0.497 e. The van der Waals surface area contributed by atoms with Crippen molar-refractivity contribution in [2.45, 2.75) is 89.1 Å². The Kier molecular flexibility index (Phi) is 30.2. The number of nitrogen functional groups attached to an aromatic ring is 3. The molecule has 0 amide bonds. The number of aromatic nitrogens is 11. The number of nitrogens with zero attached hydrogens (tertiary/aromatic N) is 9. The number of aromatic amines is 2. The molecule has 0 radical (unpaired) electrons. The third kappa shape index (κ3) is 23.5. The van der Waals surface area contributed by atoms with Crippen LogP contribution in [0, 0.1) is 41.2 Å². The Morgan fingerprint density at radius 2 is 1.00 bits per heavy atom. The molecule has 14 rings (SSSR count). The van der Waals surface area contributed by atoms with E-state index in [4.69, 9.17) is 108 Å². The van der Waals surface area contributed by atoms with Gasteiger partial charge in [0.25, 0.3) is 20.0 Å². The van der Waals surface area contributed by atoms with Gasteiger partial charge >= 0.3 is 7.12 Å². The summed E-state index contributed by atoms with van der Waals surface area (Å²) in [6.07, 6.45) is 22.0. The van der Waals surface area contributed by atoms with E-state index in [-0.39, 0.29) is 15.4 Å². The monoisotopic (exact) mass is 1840 g/mol. The number of pyridine rings is 7. The van der Waals surface area contributed by atoms with E-state index in [2.05, 4.69) is 143 Å². The molecule has 13 aromatic rings. The highest BCUT2D eigenvalue weighted by Gasteiger charge is 2.53. The average molecular weight is 1850 g/mol. The van der Waals surface area contributed by atoms with E-state index in [0.29, 0.717) is 79.0 Å². The molecule has 1 saturated heterocycles. The van der Waals surface area contributed by atoms with E-state index in [1.807, 2.05) is 72.1 Å². The number of nitrogens with one attached hydrogen (secondary N) is 2. The molecule has 2 aromatic carbocycles. The molecule has 12 heterocycles. The topological polar surface area (TPSA) is 296 Å². The molecular formula is C71H67BBr2Cl7IN14O6S2Si. The highest BCUT2D eigenvalue weighted by Crippen LogP contribution is 2.38. The van der Waals surface area contributed by atoms with Gasteiger partial charge in [0.1, 0.15) is 36.8 Å². The highest BCUT2D eigenvalue weighted by molar-refractivity contribution is 14.1. The van der Waals surface area contributed by atoms with E-state index in [1.54, 1.807) is 104 Å². The molecule has 1 fully saturated rings. The lowest BCUT2D eigenvalue weighted by atomic mass is 9.79. The summed E-state index contributed by atoms with van der Waals surface area (Å²) < 4.78 is 69.2. The Labute approximate surface area is 675 Å². The van der Waals surface area contributed by atoms with E-state index in [9.17, 15) is 16.8 Å². The second-order valence-electron chi connectivity index (χ2n) is 24.5. The van der Waals surface area contributed by atoms with Gasteiger partial charge in [-0.05, 0) is 182 Å². The number of benzene rings is 2. The third-order valence-corrected chi connectivity index (χ3v) is 22.5. The molecule has 11 aromatic heterocycles. The van der Waals surface area contributed by atoms with Crippen LogP contribution >= 0.6 is 136 Å². The molecule has 1 aliphatic rings. The number of rotatable bonds is 5. The van der Waals surface area contributed by atoms with Crippen LogP contribution in [0.3, 0.4) is 0 Å². The van der Waals surface area contributed by atoms with Crippen LogP contribution in [0.1, 0.15) is 51.3 Å². The van der Waals surface area contributed by atoms with Gasteiger partial charge in [-0.3, -0.25) is 0 Å². The molecule has 0 saturated carbocycles. The minimum atomic E-state index is -3.86. The van der Waals surface area contributed by atoms with Crippen molar-refractivity contribution in [1.82, 2.24) is 52.8 Å². The average Bonchev–Trinajstić information content (AvgIpc) is 1.59. The molecule has 20 nitrogen and oxygen atoms in total. The standard InChI is InChI=1S/C20H22BClN2O4S.C14H10BrClN2O2S.C10H13ClN2Si.C7H4BrClN2.C7H5ClN2.C5H4ClIN2.C5H5ClN2.C3H4/c1-13-6-8-15(9-7-13)29(25,26)24-12-17(16-10-14(22)11-23-18(16)24)21-27-19(2,3)20(4,5)28-21;1-9-2-4-11(5-3-9)21(19,20)18-8-13(15)12-6-10(16)7-17-14(12)18;1-14(2,3)5-4-8-6-9(11)7-13-10(8)12;8-6-3-11-7-5(6)1-4(9)2-10-7;8-6-3-5-1-2-9-7(5)10-4-6;6-3-1-4(7)5(8)9-2-3;6-4-1-2-5(7)8-3-4;1-3-2/h6-12H,1-5H3;2-8H,1H3;6-7H,1-3H3,(H2,12,13);1-3H,(H,10,11);1-4H,(H,9,10);1-2H,(H2,8,9);1-3H,(H2,7,8);1H,2H3. The largest absolute Gasteiger partial charge is 0.497 e. The highest BCUT2D eigenvalue weighted by atomic mass is 127. The molecule has 0 aliphatic carbocycles. The lowest BCUT2D eigenvalue weighted by Crippen LogP contribution is -2.41. The zero-order valence-corrected chi connectivity index (χ0v) is 70.9. The SMILES string of the molecule is C#CC.C[Si](C)(C)C#Cc1cc(Cl)cnc1N.Cc1ccc(S(=O)(=O)n2cc(B3OC(C)(C)C(C)(C)O3)c3cc(Cl)cnc32)cc1.Cc1ccc(S(=O)(=O)n2cc(Br)c3cc(Cl)cnc32)cc1.Clc1cnc2[nH]cc(Br)c2c1.Clc1cnc2[nH]ccc2c1.Nc1ccc(Cl)cn1.Nc1ncc(Cl)cc1I. The Balaban J connectivity index is 0.000000179. The molecule has 0 atom stereocenters. The van der Waals surface area contributed by atoms with Crippen molar-refractivity contribution in [3.63, 3.8) is 0 Å². The molecule has 34 heteroatoms. The van der Waals surface area contributed by atoms with Gasteiger partial charge in [0.15, 0.2) is 11.3 Å². The van der Waals surface area contributed by atoms with Crippen molar-refractivity contribution in [2.24, 2.45) is 0 Å². The molecule has 1 aliphatic heterocycles. The Bertz CT molecular complexity index is 5530. The van der Waals surface area contributed by atoms with Crippen LogP contribution in [0.15, 0.2) is 190 Å². The number of H-pyrrole nitrogens is 2. The Hall–Kier alpha value is -7.01. The minimum absolute atomic E-state index is 0.178. The quantitative estimate of drug-likeness (QED) is 0.0608. The first-order valence-electron chi connectivity index (χ1n) is 30.8. The first-order valence-corrected chi connectivity index (χ1v) is 42.5. The lowest BCUT2D eigenvalue weighted by molar-refractivity contribution is 0.00578. The number of terminal acetylenes is 1. The molecule has 0 spiro atoms. The maximum atomic E-state index is 13.3. The van der Waals surface area contributed by atoms with Gasteiger partial charge in [-0.2, -0.15) is 0 Å². The molecule has 546 valence electrons. The van der Waals surface area contributed by atoms with Gasteiger partial charge < -0.3 is 36.5 Å². The molecule has 0 bridgehead atoms. The van der Waals surface area contributed by atoms with Crippen molar-refractivity contribution in [3.8, 4) is 23.8 Å². The number of nitrogens with two attached hydrogens (primary N) is 3. The van der Waals surface area contributed by atoms with Crippen molar-refractivity contribution in [2.75, 3.05) is 17.2 Å². The summed E-state index contributed by atoms with van der Waals surface area (Å²) in [5.74, 6) is 6.75. The smallest absolute Gasteiger partial charge is 0.399 e. The summed E-state index contributed by atoms with van der Waals surface area (Å²) in [6, 6.07) is 29.3. The first-order chi connectivity index (χ1) is 49.2. The van der Waals surface area contributed by atoms with E-state index < -0.39 is 46.4 Å². The van der Waals surface area contributed by atoms with Gasteiger partial charge in [-0.25, -0.2) is 59.7 Å². The second kappa shape index (κ2) is 37.2. The van der Waals surface area contributed by atoms with Crippen molar-refractivity contribution in [1.29, 1.82) is 0 Å². The normalized spacial score (nSPS) is 12.6. The summed E-state index contributed by atoms with van der Waals surface area (Å²) in [5, 5.41) is 7.26. The van der Waals surface area contributed by atoms with Crippen LogP contribution in [-0.4, -0.2) is 96.0 Å². The second-order valence-corrected chi connectivity index (χ2v) is 38.8. The fourth-order valence-corrected chi connectivity index (χ4v) is 14.7. The predicted molar refractivity (Wildman–Crippen MR) is 449 cm³/mol. The van der Waals surface area contributed by atoms with Crippen LogP contribution in [-0.2, 0) is 29.4 Å². The van der Waals surface area contributed by atoms with Crippen molar-refractivity contribution in [3.05, 3.63) is 236 Å². The van der Waals surface area contributed by atoms with E-state index >= 15 is 0 Å². The molecule has 8 N–H and O–H groups in total. The lowest BCUT2D eigenvalue weighted by Gasteiger charge is -2.32. The van der Waals surface area contributed by atoms with E-state index in [0.717, 1.165) is 50.8 Å². The number of fused-ring (bicyclic) bond motifs is 4. The van der Waals surface area contributed by atoms with E-state index in [1.165, 1.54) is 47.4 Å². The predicted octanol–water partition coefficient (Wildman–Crippen LogP) is 19.2. The molecule has 105 heavy (non-hydrogen) atoms. The van der Waals surface area contributed by atoms with Crippen LogP contribution in [0.4, 0.5) is 17.5 Å². The van der Waals surface area contributed by atoms with Gasteiger partial charge in [0.2, 0.25) is 0 Å². The van der Waals surface area contributed by atoms with Crippen LogP contribution < -0.4 is 22.7 Å².